The van der Waals surface area contributed by atoms with Crippen LogP contribution in [0.2, 0.25) is 0 Å². The molecule has 2 fully saturated rings. The number of hydrogen-bond donors (Lipinski definition) is 0. The average Bonchev–Trinajstić information content (AvgIpc) is 2.88. The molecule has 178 valence electrons. The number of pyridine rings is 1. The summed E-state index contributed by atoms with van der Waals surface area (Å²) in [5.74, 6) is 2.45. The molecule has 0 N–H and O–H groups in total. The molecule has 4 rings (SSSR count). The average molecular weight is 451 g/mol. The summed E-state index contributed by atoms with van der Waals surface area (Å²) in [5, 5.41) is 0. The van der Waals surface area contributed by atoms with E-state index in [1.165, 1.54) is 32.1 Å². The zero-order chi connectivity index (χ0) is 23.0. The summed E-state index contributed by atoms with van der Waals surface area (Å²) in [6, 6.07) is 14.3. The van der Waals surface area contributed by atoms with E-state index in [9.17, 15) is 4.79 Å². The molecule has 2 heterocycles. The van der Waals surface area contributed by atoms with Crippen molar-refractivity contribution in [3.8, 4) is 5.75 Å². The van der Waals surface area contributed by atoms with E-state index in [1.807, 2.05) is 35.2 Å². The largest absolute Gasteiger partial charge is 0.495 e. The Morgan fingerprint density at radius 2 is 1.79 bits per heavy atom. The van der Waals surface area contributed by atoms with Gasteiger partial charge in [-0.25, -0.2) is 4.98 Å². The Hall–Kier alpha value is -2.60. The minimum Gasteiger partial charge on any atom is -0.495 e. The molecule has 1 aliphatic heterocycles. The normalized spacial score (nSPS) is 18.7. The van der Waals surface area contributed by atoms with Crippen molar-refractivity contribution in [1.29, 1.82) is 0 Å². The van der Waals surface area contributed by atoms with Crippen LogP contribution in [0, 0.1) is 5.92 Å². The second-order valence-corrected chi connectivity index (χ2v) is 9.44. The molecule has 1 aliphatic carbocycles. The van der Waals surface area contributed by atoms with Gasteiger partial charge in [0.1, 0.15) is 11.6 Å². The summed E-state index contributed by atoms with van der Waals surface area (Å²) in [5.41, 5.74) is 1.16. The smallest absolute Gasteiger partial charge is 0.228 e. The number of aromatic nitrogens is 1. The van der Waals surface area contributed by atoms with E-state index < -0.39 is 0 Å². The van der Waals surface area contributed by atoms with E-state index in [2.05, 4.69) is 33.8 Å². The second kappa shape index (κ2) is 11.5. The summed E-state index contributed by atoms with van der Waals surface area (Å²) in [4.78, 5) is 24.7. The van der Waals surface area contributed by atoms with E-state index in [0.717, 1.165) is 43.4 Å². The number of carbonyl (C=O) groups is 1. The van der Waals surface area contributed by atoms with Crippen molar-refractivity contribution >= 4 is 17.4 Å². The molecule has 0 unspecified atom stereocenters. The molecule has 1 saturated heterocycles. The van der Waals surface area contributed by atoms with Gasteiger partial charge < -0.3 is 9.64 Å². The Morgan fingerprint density at radius 1 is 1.06 bits per heavy atom. The van der Waals surface area contributed by atoms with Gasteiger partial charge in [-0.05, 0) is 49.9 Å². The standard InChI is InChI=1S/C27H38N4O2/c1-22(29-16-18-30(19-17-29)24-12-6-7-13-25(24)33-2)21-31(26-14-8-9-15-28-26)27(32)20-23-10-4-3-5-11-23/h6-9,12-15,22-23H,3-5,10-11,16-21H2,1-2H3/t22-/m1/s1. The first-order valence-electron chi connectivity index (χ1n) is 12.5. The van der Waals surface area contributed by atoms with Crippen LogP contribution < -0.4 is 14.5 Å². The Kier molecular flexibility index (Phi) is 8.21. The molecule has 1 aromatic heterocycles. The minimum absolute atomic E-state index is 0.222. The highest BCUT2D eigenvalue weighted by molar-refractivity contribution is 5.92. The lowest BCUT2D eigenvalue weighted by Crippen LogP contribution is -2.53. The predicted molar refractivity (Wildman–Crippen MR) is 134 cm³/mol. The maximum atomic E-state index is 13.4. The number of methoxy groups -OCH3 is 1. The summed E-state index contributed by atoms with van der Waals surface area (Å²) >= 11 is 0. The van der Waals surface area contributed by atoms with Gasteiger partial charge in [0.05, 0.1) is 12.8 Å². The fraction of sp³-hybridized carbons (Fsp3) is 0.556. The molecule has 0 spiro atoms. The SMILES string of the molecule is COc1ccccc1N1CCN([C@H](C)CN(C(=O)CC2CCCCC2)c2ccccn2)CC1. The first-order valence-corrected chi connectivity index (χ1v) is 12.5. The zero-order valence-corrected chi connectivity index (χ0v) is 20.2. The third kappa shape index (κ3) is 6.05. The van der Waals surface area contributed by atoms with Crippen molar-refractivity contribution < 1.29 is 9.53 Å². The van der Waals surface area contributed by atoms with Crippen LogP contribution in [0.5, 0.6) is 5.75 Å². The molecule has 1 saturated carbocycles. The summed E-state index contributed by atoms with van der Waals surface area (Å²) in [6.45, 7) is 6.74. The molecule has 2 aliphatic rings. The van der Waals surface area contributed by atoms with Crippen molar-refractivity contribution in [2.75, 3.05) is 49.6 Å². The lowest BCUT2D eigenvalue weighted by molar-refractivity contribution is -0.120. The number of nitrogens with zero attached hydrogens (tertiary/aromatic N) is 4. The Bertz CT molecular complexity index is 877. The van der Waals surface area contributed by atoms with Crippen LogP contribution in [0.3, 0.4) is 0 Å². The zero-order valence-electron chi connectivity index (χ0n) is 20.2. The van der Waals surface area contributed by atoms with Crippen molar-refractivity contribution in [2.24, 2.45) is 5.92 Å². The highest BCUT2D eigenvalue weighted by atomic mass is 16.5. The van der Waals surface area contributed by atoms with Gasteiger partial charge in [-0.15, -0.1) is 0 Å². The minimum atomic E-state index is 0.222. The molecule has 0 bridgehead atoms. The molecule has 2 aromatic rings. The fourth-order valence-electron chi connectivity index (χ4n) is 5.26. The highest BCUT2D eigenvalue weighted by Gasteiger charge is 2.28. The van der Waals surface area contributed by atoms with E-state index in [-0.39, 0.29) is 11.9 Å². The maximum Gasteiger partial charge on any atom is 0.228 e. The van der Waals surface area contributed by atoms with Crippen molar-refractivity contribution in [3.63, 3.8) is 0 Å². The van der Waals surface area contributed by atoms with E-state index in [0.29, 0.717) is 18.9 Å². The Morgan fingerprint density at radius 3 is 2.48 bits per heavy atom. The van der Waals surface area contributed by atoms with Gasteiger partial charge in [-0.3, -0.25) is 14.6 Å². The van der Waals surface area contributed by atoms with Crippen LogP contribution in [0.1, 0.15) is 45.4 Å². The van der Waals surface area contributed by atoms with Gasteiger partial charge in [0, 0.05) is 51.4 Å². The van der Waals surface area contributed by atoms with Crippen LogP contribution in [0.4, 0.5) is 11.5 Å². The van der Waals surface area contributed by atoms with Gasteiger partial charge in [0.25, 0.3) is 0 Å². The monoisotopic (exact) mass is 450 g/mol. The Labute approximate surface area is 198 Å². The molecular weight excluding hydrogens is 412 g/mol. The molecule has 1 atom stereocenters. The molecular formula is C27H38N4O2. The van der Waals surface area contributed by atoms with Gasteiger partial charge in [0.15, 0.2) is 0 Å². The number of anilines is 2. The number of para-hydroxylation sites is 2. The van der Waals surface area contributed by atoms with Crippen molar-refractivity contribution in [3.05, 3.63) is 48.7 Å². The quantitative estimate of drug-likeness (QED) is 0.588. The first-order chi connectivity index (χ1) is 16.2. The third-order valence-electron chi connectivity index (χ3n) is 7.23. The maximum absolute atomic E-state index is 13.4. The summed E-state index contributed by atoms with van der Waals surface area (Å²) in [6.07, 6.45) is 8.62. The first kappa shape index (κ1) is 23.6. The van der Waals surface area contributed by atoms with Gasteiger partial charge in [-0.2, -0.15) is 0 Å². The lowest BCUT2D eigenvalue weighted by Gasteiger charge is -2.40. The van der Waals surface area contributed by atoms with Gasteiger partial charge in [-0.1, -0.05) is 37.5 Å². The number of rotatable bonds is 8. The molecule has 0 radical (unpaired) electrons. The lowest BCUT2D eigenvalue weighted by atomic mass is 9.86. The number of piperazine rings is 1. The molecule has 33 heavy (non-hydrogen) atoms. The van der Waals surface area contributed by atoms with Crippen LogP contribution in [0.25, 0.3) is 0 Å². The molecule has 6 heteroatoms. The summed E-state index contributed by atoms with van der Waals surface area (Å²) in [7, 11) is 1.73. The Balaban J connectivity index is 1.38. The van der Waals surface area contributed by atoms with Crippen molar-refractivity contribution in [1.82, 2.24) is 9.88 Å². The second-order valence-electron chi connectivity index (χ2n) is 9.44. The van der Waals surface area contributed by atoms with E-state index >= 15 is 0 Å². The van der Waals surface area contributed by atoms with Crippen LogP contribution >= 0.6 is 0 Å². The number of amides is 1. The number of ether oxygens (including phenoxy) is 1. The number of carbonyl (C=O) groups excluding carboxylic acids is 1. The van der Waals surface area contributed by atoms with Crippen LogP contribution in [0.15, 0.2) is 48.7 Å². The molecule has 1 aromatic carbocycles. The third-order valence-corrected chi connectivity index (χ3v) is 7.23. The van der Waals surface area contributed by atoms with Crippen molar-refractivity contribution in [2.45, 2.75) is 51.5 Å². The number of hydrogen-bond acceptors (Lipinski definition) is 5. The van der Waals surface area contributed by atoms with E-state index in [1.54, 1.807) is 13.3 Å². The predicted octanol–water partition coefficient (Wildman–Crippen LogP) is 4.60. The topological polar surface area (TPSA) is 48.9 Å². The van der Waals surface area contributed by atoms with Gasteiger partial charge >= 0.3 is 0 Å². The molecule has 6 nitrogen and oxygen atoms in total. The highest BCUT2D eigenvalue weighted by Crippen LogP contribution is 2.30. The molecule has 1 amide bonds. The van der Waals surface area contributed by atoms with Gasteiger partial charge in [0.2, 0.25) is 5.91 Å². The van der Waals surface area contributed by atoms with Crippen LogP contribution in [-0.2, 0) is 4.79 Å². The fourth-order valence-corrected chi connectivity index (χ4v) is 5.26. The van der Waals surface area contributed by atoms with E-state index in [4.69, 9.17) is 4.74 Å². The summed E-state index contributed by atoms with van der Waals surface area (Å²) < 4.78 is 5.56. The number of benzene rings is 1. The van der Waals surface area contributed by atoms with Crippen LogP contribution in [-0.4, -0.2) is 61.7 Å².